The van der Waals surface area contributed by atoms with Crippen LogP contribution in [0.3, 0.4) is 0 Å². The van der Waals surface area contributed by atoms with Gasteiger partial charge < -0.3 is 10.2 Å². The van der Waals surface area contributed by atoms with Crippen LogP contribution in [0.15, 0.2) is 36.5 Å². The Morgan fingerprint density at radius 3 is 2.42 bits per heavy atom. The van der Waals surface area contributed by atoms with Crippen LogP contribution in [0, 0.1) is 0 Å². The van der Waals surface area contributed by atoms with Crippen LogP contribution >= 0.6 is 11.6 Å². The summed E-state index contributed by atoms with van der Waals surface area (Å²) in [5.41, 5.74) is 0.918. The molecule has 4 nitrogen and oxygen atoms in total. The van der Waals surface area contributed by atoms with E-state index in [4.69, 9.17) is 11.6 Å². The zero-order chi connectivity index (χ0) is 13.7. The Bertz CT molecular complexity index is 523. The van der Waals surface area contributed by atoms with Crippen molar-refractivity contribution in [2.45, 2.75) is 13.8 Å². The summed E-state index contributed by atoms with van der Waals surface area (Å²) in [5.74, 6) is 1.52. The number of anilines is 3. The largest absolute Gasteiger partial charge is 0.357 e. The molecule has 5 heteroatoms. The normalized spacial score (nSPS) is 10.3. The van der Waals surface area contributed by atoms with E-state index in [1.165, 1.54) is 0 Å². The maximum absolute atomic E-state index is 5.85. The van der Waals surface area contributed by atoms with Gasteiger partial charge in [-0.2, -0.15) is 4.98 Å². The molecule has 0 aliphatic rings. The molecule has 0 atom stereocenters. The maximum atomic E-state index is 5.85. The summed E-state index contributed by atoms with van der Waals surface area (Å²) in [7, 11) is 0. The Kier molecular flexibility index (Phi) is 4.58. The van der Waals surface area contributed by atoms with E-state index >= 15 is 0 Å². The maximum Gasteiger partial charge on any atom is 0.229 e. The predicted molar refractivity (Wildman–Crippen MR) is 80.3 cm³/mol. The smallest absolute Gasteiger partial charge is 0.229 e. The van der Waals surface area contributed by atoms with Crippen molar-refractivity contribution in [3.8, 4) is 0 Å². The van der Waals surface area contributed by atoms with Gasteiger partial charge in [-0.05, 0) is 44.2 Å². The lowest BCUT2D eigenvalue weighted by atomic mass is 10.3. The first kappa shape index (κ1) is 13.6. The third kappa shape index (κ3) is 3.58. The molecule has 2 rings (SSSR count). The van der Waals surface area contributed by atoms with E-state index in [1.54, 1.807) is 6.20 Å². The molecule has 0 saturated heterocycles. The molecule has 2 aromatic rings. The molecule has 0 amide bonds. The SMILES string of the molecule is CCN(CC)c1ccnc(Nc2ccc(Cl)cc2)n1. The van der Waals surface area contributed by atoms with Crippen LogP contribution < -0.4 is 10.2 Å². The Labute approximate surface area is 118 Å². The molecule has 0 aliphatic carbocycles. The molecule has 0 bridgehead atoms. The molecular formula is C14H17ClN4. The first-order chi connectivity index (χ1) is 9.22. The van der Waals surface area contributed by atoms with Gasteiger partial charge in [0.05, 0.1) is 0 Å². The van der Waals surface area contributed by atoms with Gasteiger partial charge in [-0.3, -0.25) is 0 Å². The molecule has 1 aromatic carbocycles. The minimum atomic E-state index is 0.590. The van der Waals surface area contributed by atoms with E-state index in [9.17, 15) is 0 Å². The van der Waals surface area contributed by atoms with Gasteiger partial charge in [0.25, 0.3) is 0 Å². The highest BCUT2D eigenvalue weighted by Gasteiger charge is 2.05. The van der Waals surface area contributed by atoms with E-state index in [0.717, 1.165) is 24.6 Å². The fourth-order valence-corrected chi connectivity index (χ4v) is 1.92. The lowest BCUT2D eigenvalue weighted by Gasteiger charge is -2.19. The number of aromatic nitrogens is 2. The minimum absolute atomic E-state index is 0.590. The predicted octanol–water partition coefficient (Wildman–Crippen LogP) is 3.72. The van der Waals surface area contributed by atoms with Crippen molar-refractivity contribution < 1.29 is 0 Å². The van der Waals surface area contributed by atoms with Crippen LogP contribution in [0.2, 0.25) is 5.02 Å². The average molecular weight is 277 g/mol. The number of nitrogens with zero attached hydrogens (tertiary/aromatic N) is 3. The molecule has 0 spiro atoms. The topological polar surface area (TPSA) is 41.1 Å². The summed E-state index contributed by atoms with van der Waals surface area (Å²) in [6, 6.07) is 9.38. The summed E-state index contributed by atoms with van der Waals surface area (Å²) in [6.07, 6.45) is 1.76. The van der Waals surface area contributed by atoms with Gasteiger partial charge in [0.15, 0.2) is 0 Å². The van der Waals surface area contributed by atoms with E-state index in [-0.39, 0.29) is 0 Å². The van der Waals surface area contributed by atoms with Crippen LogP contribution in [0.1, 0.15) is 13.8 Å². The Hall–Kier alpha value is -1.81. The van der Waals surface area contributed by atoms with Gasteiger partial charge in [0.2, 0.25) is 5.95 Å². The van der Waals surface area contributed by atoms with E-state index < -0.39 is 0 Å². The monoisotopic (exact) mass is 276 g/mol. The number of nitrogens with one attached hydrogen (secondary N) is 1. The first-order valence-corrected chi connectivity index (χ1v) is 6.71. The van der Waals surface area contributed by atoms with Gasteiger partial charge in [-0.15, -0.1) is 0 Å². The molecule has 100 valence electrons. The lowest BCUT2D eigenvalue weighted by Crippen LogP contribution is -2.23. The van der Waals surface area contributed by atoms with E-state index in [2.05, 4.69) is 34.0 Å². The van der Waals surface area contributed by atoms with Crippen LogP contribution in [0.25, 0.3) is 0 Å². The molecule has 1 aromatic heterocycles. The molecule has 1 heterocycles. The van der Waals surface area contributed by atoms with Crippen molar-refractivity contribution in [1.29, 1.82) is 0 Å². The summed E-state index contributed by atoms with van der Waals surface area (Å²) in [6.45, 7) is 6.07. The van der Waals surface area contributed by atoms with Crippen LogP contribution in [0.5, 0.6) is 0 Å². The number of hydrogen-bond acceptors (Lipinski definition) is 4. The highest BCUT2D eigenvalue weighted by molar-refractivity contribution is 6.30. The van der Waals surface area contributed by atoms with Crippen LogP contribution in [0.4, 0.5) is 17.5 Å². The second-order valence-corrected chi connectivity index (χ2v) is 4.48. The standard InChI is InChI=1S/C14H17ClN4/c1-3-19(4-2)13-9-10-16-14(18-13)17-12-7-5-11(15)6-8-12/h5-10H,3-4H2,1-2H3,(H,16,17,18). The van der Waals surface area contributed by atoms with Crippen LogP contribution in [-0.4, -0.2) is 23.1 Å². The second-order valence-electron chi connectivity index (χ2n) is 4.04. The summed E-state index contributed by atoms with van der Waals surface area (Å²) in [5, 5.41) is 3.88. The molecule has 19 heavy (non-hydrogen) atoms. The van der Waals surface area contributed by atoms with Crippen molar-refractivity contribution in [3.63, 3.8) is 0 Å². The first-order valence-electron chi connectivity index (χ1n) is 6.33. The van der Waals surface area contributed by atoms with Gasteiger partial charge in [0.1, 0.15) is 5.82 Å². The van der Waals surface area contributed by atoms with Gasteiger partial charge in [-0.1, -0.05) is 11.6 Å². The highest BCUT2D eigenvalue weighted by Crippen LogP contribution is 2.18. The zero-order valence-electron chi connectivity index (χ0n) is 11.1. The minimum Gasteiger partial charge on any atom is -0.357 e. The summed E-state index contributed by atoms with van der Waals surface area (Å²) >= 11 is 5.85. The van der Waals surface area contributed by atoms with E-state index in [0.29, 0.717) is 11.0 Å². The van der Waals surface area contributed by atoms with Crippen molar-refractivity contribution in [2.24, 2.45) is 0 Å². The Balaban J connectivity index is 2.17. The number of benzene rings is 1. The van der Waals surface area contributed by atoms with Crippen LogP contribution in [-0.2, 0) is 0 Å². The number of hydrogen-bond donors (Lipinski definition) is 1. The van der Waals surface area contributed by atoms with Gasteiger partial charge in [-0.25, -0.2) is 4.98 Å². The van der Waals surface area contributed by atoms with Crippen molar-refractivity contribution in [3.05, 3.63) is 41.6 Å². The fraction of sp³-hybridized carbons (Fsp3) is 0.286. The lowest BCUT2D eigenvalue weighted by molar-refractivity contribution is 0.843. The van der Waals surface area contributed by atoms with Crippen molar-refractivity contribution in [2.75, 3.05) is 23.3 Å². The molecule has 0 radical (unpaired) electrons. The third-order valence-corrected chi connectivity index (χ3v) is 3.08. The molecule has 0 unspecified atom stereocenters. The third-order valence-electron chi connectivity index (χ3n) is 2.83. The van der Waals surface area contributed by atoms with E-state index in [1.807, 2.05) is 30.3 Å². The molecule has 0 saturated carbocycles. The van der Waals surface area contributed by atoms with Crippen molar-refractivity contribution >= 4 is 29.1 Å². The molecule has 1 N–H and O–H groups in total. The zero-order valence-corrected chi connectivity index (χ0v) is 11.9. The second kappa shape index (κ2) is 6.38. The highest BCUT2D eigenvalue weighted by atomic mass is 35.5. The average Bonchev–Trinajstić information content (AvgIpc) is 2.43. The van der Waals surface area contributed by atoms with Gasteiger partial charge >= 0.3 is 0 Å². The fourth-order valence-electron chi connectivity index (χ4n) is 1.80. The molecule has 0 fully saturated rings. The quantitative estimate of drug-likeness (QED) is 0.904. The van der Waals surface area contributed by atoms with Crippen molar-refractivity contribution in [1.82, 2.24) is 9.97 Å². The Morgan fingerprint density at radius 1 is 1.11 bits per heavy atom. The van der Waals surface area contributed by atoms with Gasteiger partial charge in [0, 0.05) is 30.0 Å². The number of rotatable bonds is 5. The summed E-state index contributed by atoms with van der Waals surface area (Å²) < 4.78 is 0. The summed E-state index contributed by atoms with van der Waals surface area (Å²) in [4.78, 5) is 10.9. The molecular weight excluding hydrogens is 260 g/mol. The molecule has 0 aliphatic heterocycles. The number of halogens is 1. The Morgan fingerprint density at radius 2 is 1.79 bits per heavy atom.